The van der Waals surface area contributed by atoms with Crippen LogP contribution in [0.5, 0.6) is 0 Å². The van der Waals surface area contributed by atoms with Crippen molar-refractivity contribution < 1.29 is 0 Å². The Labute approximate surface area is 102 Å². The summed E-state index contributed by atoms with van der Waals surface area (Å²) in [7, 11) is 0. The van der Waals surface area contributed by atoms with Crippen LogP contribution in [0.25, 0.3) is 0 Å². The number of nitrogens with one attached hydrogen (secondary N) is 1. The minimum absolute atomic E-state index is 0.0893. The van der Waals surface area contributed by atoms with Gasteiger partial charge < -0.3 is 5.32 Å². The van der Waals surface area contributed by atoms with Gasteiger partial charge >= 0.3 is 0 Å². The molecule has 0 bridgehead atoms. The molecule has 17 heavy (non-hydrogen) atoms. The summed E-state index contributed by atoms with van der Waals surface area (Å²) in [5.74, 6) is 0.865. The highest BCUT2D eigenvalue weighted by Crippen LogP contribution is 2.18. The van der Waals surface area contributed by atoms with Gasteiger partial charge in [-0.3, -0.25) is 0 Å². The second kappa shape index (κ2) is 5.30. The summed E-state index contributed by atoms with van der Waals surface area (Å²) >= 11 is 0. The van der Waals surface area contributed by atoms with Crippen molar-refractivity contribution in [2.75, 3.05) is 5.32 Å². The molecule has 2 nitrogen and oxygen atoms in total. The van der Waals surface area contributed by atoms with Crippen molar-refractivity contribution in [3.05, 3.63) is 72.4 Å². The minimum Gasteiger partial charge on any atom is -0.360 e. The lowest BCUT2D eigenvalue weighted by molar-refractivity contribution is 0.970. The molecule has 86 valence electrons. The van der Waals surface area contributed by atoms with Gasteiger partial charge in [-0.1, -0.05) is 42.5 Å². The molecule has 2 aromatic rings. The van der Waals surface area contributed by atoms with E-state index in [1.165, 1.54) is 5.56 Å². The SMILES string of the molecule is C=CC(Nc1ccc(C)cn1)c1ccccc1. The van der Waals surface area contributed by atoms with Crippen molar-refractivity contribution in [2.45, 2.75) is 13.0 Å². The molecule has 0 spiro atoms. The topological polar surface area (TPSA) is 24.9 Å². The quantitative estimate of drug-likeness (QED) is 0.800. The molecule has 2 rings (SSSR count). The second-order valence-electron chi connectivity index (χ2n) is 3.99. The van der Waals surface area contributed by atoms with Crippen molar-refractivity contribution in [1.29, 1.82) is 0 Å². The molecule has 1 aromatic carbocycles. The number of aryl methyl sites for hydroxylation is 1. The van der Waals surface area contributed by atoms with Crippen LogP contribution >= 0.6 is 0 Å². The standard InChI is InChI=1S/C15H16N2/c1-3-14(13-7-5-4-6-8-13)17-15-10-9-12(2)11-16-15/h3-11,14H,1H2,2H3,(H,16,17). The van der Waals surface area contributed by atoms with E-state index in [9.17, 15) is 0 Å². The van der Waals surface area contributed by atoms with Gasteiger partial charge in [-0.05, 0) is 24.1 Å². The smallest absolute Gasteiger partial charge is 0.126 e. The Morgan fingerprint density at radius 2 is 1.94 bits per heavy atom. The predicted molar refractivity (Wildman–Crippen MR) is 72.0 cm³/mol. The van der Waals surface area contributed by atoms with Crippen molar-refractivity contribution in [1.82, 2.24) is 4.98 Å². The van der Waals surface area contributed by atoms with Gasteiger partial charge in [0, 0.05) is 6.20 Å². The Bertz CT molecular complexity index is 474. The van der Waals surface area contributed by atoms with Gasteiger partial charge in [0.05, 0.1) is 6.04 Å². The summed E-state index contributed by atoms with van der Waals surface area (Å²) in [4.78, 5) is 4.33. The van der Waals surface area contributed by atoms with Gasteiger partial charge in [-0.25, -0.2) is 4.98 Å². The maximum absolute atomic E-state index is 4.33. The second-order valence-corrected chi connectivity index (χ2v) is 3.99. The summed E-state index contributed by atoms with van der Waals surface area (Å²) in [5, 5.41) is 3.34. The van der Waals surface area contributed by atoms with Crippen LogP contribution in [-0.2, 0) is 0 Å². The number of pyridine rings is 1. The van der Waals surface area contributed by atoms with Gasteiger partial charge in [0.2, 0.25) is 0 Å². The Kier molecular flexibility index (Phi) is 3.55. The van der Waals surface area contributed by atoms with E-state index in [0.717, 1.165) is 11.4 Å². The van der Waals surface area contributed by atoms with E-state index in [0.29, 0.717) is 0 Å². The largest absolute Gasteiger partial charge is 0.360 e. The van der Waals surface area contributed by atoms with Crippen LogP contribution in [0.1, 0.15) is 17.2 Å². The maximum atomic E-state index is 4.33. The summed E-state index contributed by atoms with van der Waals surface area (Å²) < 4.78 is 0. The lowest BCUT2D eigenvalue weighted by atomic mass is 10.1. The molecule has 0 radical (unpaired) electrons. The highest BCUT2D eigenvalue weighted by atomic mass is 15.0. The zero-order valence-corrected chi connectivity index (χ0v) is 9.93. The normalized spacial score (nSPS) is 11.8. The average Bonchev–Trinajstić information content (AvgIpc) is 2.39. The number of benzene rings is 1. The summed E-state index contributed by atoms with van der Waals surface area (Å²) in [6, 6.07) is 14.3. The first kappa shape index (κ1) is 11.4. The molecule has 2 heteroatoms. The Morgan fingerprint density at radius 3 is 2.53 bits per heavy atom. The van der Waals surface area contributed by atoms with Gasteiger partial charge in [-0.2, -0.15) is 0 Å². The number of aromatic nitrogens is 1. The molecular formula is C15H16N2. The molecule has 0 fully saturated rings. The Balaban J connectivity index is 2.16. The highest BCUT2D eigenvalue weighted by Gasteiger charge is 2.06. The van der Waals surface area contributed by atoms with Crippen LogP contribution < -0.4 is 5.32 Å². The van der Waals surface area contributed by atoms with E-state index in [1.807, 2.05) is 49.5 Å². The maximum Gasteiger partial charge on any atom is 0.126 e. The molecule has 1 atom stereocenters. The third-order valence-corrected chi connectivity index (χ3v) is 2.61. The summed E-state index contributed by atoms with van der Waals surface area (Å²) in [6.45, 7) is 5.89. The number of rotatable bonds is 4. The van der Waals surface area contributed by atoms with Crippen LogP contribution in [0.15, 0.2) is 61.3 Å². The van der Waals surface area contributed by atoms with Gasteiger partial charge in [-0.15, -0.1) is 6.58 Å². The fraction of sp³-hybridized carbons (Fsp3) is 0.133. The molecule has 1 aromatic heterocycles. The molecule has 0 aliphatic heterocycles. The highest BCUT2D eigenvalue weighted by molar-refractivity contribution is 5.40. The molecule has 0 saturated heterocycles. The average molecular weight is 224 g/mol. The monoisotopic (exact) mass is 224 g/mol. The fourth-order valence-electron chi connectivity index (χ4n) is 1.65. The zero-order chi connectivity index (χ0) is 12.1. The first-order valence-corrected chi connectivity index (χ1v) is 5.66. The summed E-state index contributed by atoms with van der Waals surface area (Å²) in [5.41, 5.74) is 2.34. The van der Waals surface area contributed by atoms with E-state index in [4.69, 9.17) is 0 Å². The molecule has 0 saturated carbocycles. The minimum atomic E-state index is 0.0893. The third kappa shape index (κ3) is 2.94. The van der Waals surface area contributed by atoms with Crippen molar-refractivity contribution in [3.8, 4) is 0 Å². The van der Waals surface area contributed by atoms with Crippen LogP contribution in [0.4, 0.5) is 5.82 Å². The van der Waals surface area contributed by atoms with Gasteiger partial charge in [0.25, 0.3) is 0 Å². The molecule has 0 aliphatic carbocycles. The van der Waals surface area contributed by atoms with Crippen molar-refractivity contribution >= 4 is 5.82 Å². The number of hydrogen-bond donors (Lipinski definition) is 1. The van der Waals surface area contributed by atoms with Gasteiger partial charge in [0.15, 0.2) is 0 Å². The van der Waals surface area contributed by atoms with Crippen molar-refractivity contribution in [3.63, 3.8) is 0 Å². The molecule has 1 heterocycles. The molecular weight excluding hydrogens is 208 g/mol. The van der Waals surface area contributed by atoms with Crippen LogP contribution in [0.3, 0.4) is 0 Å². The Hall–Kier alpha value is -2.09. The lowest BCUT2D eigenvalue weighted by Gasteiger charge is -2.15. The van der Waals surface area contributed by atoms with Crippen LogP contribution in [0, 0.1) is 6.92 Å². The number of hydrogen-bond acceptors (Lipinski definition) is 2. The first-order chi connectivity index (χ1) is 8.29. The van der Waals surface area contributed by atoms with E-state index in [1.54, 1.807) is 0 Å². The van der Waals surface area contributed by atoms with E-state index >= 15 is 0 Å². The summed E-state index contributed by atoms with van der Waals surface area (Å²) in [6.07, 6.45) is 3.74. The molecule has 1 N–H and O–H groups in total. The van der Waals surface area contributed by atoms with Crippen LogP contribution in [0.2, 0.25) is 0 Å². The van der Waals surface area contributed by atoms with Crippen molar-refractivity contribution in [2.24, 2.45) is 0 Å². The molecule has 0 aliphatic rings. The third-order valence-electron chi connectivity index (χ3n) is 2.61. The van der Waals surface area contributed by atoms with E-state index < -0.39 is 0 Å². The molecule has 0 amide bonds. The number of nitrogens with zero attached hydrogens (tertiary/aromatic N) is 1. The Morgan fingerprint density at radius 1 is 1.18 bits per heavy atom. The molecule has 1 unspecified atom stereocenters. The van der Waals surface area contributed by atoms with E-state index in [2.05, 4.69) is 29.0 Å². The van der Waals surface area contributed by atoms with E-state index in [-0.39, 0.29) is 6.04 Å². The van der Waals surface area contributed by atoms with Gasteiger partial charge in [0.1, 0.15) is 5.82 Å². The zero-order valence-electron chi connectivity index (χ0n) is 9.93. The number of anilines is 1. The van der Waals surface area contributed by atoms with Crippen LogP contribution in [-0.4, -0.2) is 4.98 Å². The fourth-order valence-corrected chi connectivity index (χ4v) is 1.65. The lowest BCUT2D eigenvalue weighted by Crippen LogP contribution is -2.08. The predicted octanol–water partition coefficient (Wildman–Crippen LogP) is 3.73. The first-order valence-electron chi connectivity index (χ1n) is 5.66.